The summed E-state index contributed by atoms with van der Waals surface area (Å²) in [4.78, 5) is 6.58. The van der Waals surface area contributed by atoms with Gasteiger partial charge in [-0.3, -0.25) is 4.99 Å². The van der Waals surface area contributed by atoms with Gasteiger partial charge in [-0.1, -0.05) is 41.9 Å². The Balaban J connectivity index is 0.00000364. The quantitative estimate of drug-likeness (QED) is 0.339. The number of benzene rings is 2. The van der Waals surface area contributed by atoms with Crippen molar-refractivity contribution in [3.05, 3.63) is 64.7 Å². The van der Waals surface area contributed by atoms with Gasteiger partial charge in [0.1, 0.15) is 11.9 Å². The Morgan fingerprint density at radius 3 is 2.48 bits per heavy atom. The molecule has 148 valence electrons. The Morgan fingerprint density at radius 2 is 1.89 bits per heavy atom. The van der Waals surface area contributed by atoms with Crippen molar-refractivity contribution in [1.82, 2.24) is 10.2 Å². The van der Waals surface area contributed by atoms with E-state index >= 15 is 0 Å². The molecule has 1 atom stereocenters. The number of rotatable bonds is 7. The lowest BCUT2D eigenvalue weighted by Crippen LogP contribution is -2.38. The number of nitrogens with zero attached hydrogens (tertiary/aromatic N) is 2. The van der Waals surface area contributed by atoms with Crippen LogP contribution in [0.25, 0.3) is 0 Å². The highest BCUT2D eigenvalue weighted by atomic mass is 127. The average molecular weight is 504 g/mol. The number of ether oxygens (including phenoxy) is 1. The molecule has 0 fully saturated rings. The van der Waals surface area contributed by atoms with Crippen molar-refractivity contribution in [2.24, 2.45) is 4.99 Å². The molecule has 0 aliphatic heterocycles. The minimum absolute atomic E-state index is 0. The smallest absolute Gasteiger partial charge is 0.194 e. The SMILES string of the molecule is CCNC(=NCC(O)c1ccccc1Cl)N(C)Cc1ccc(OC)cc1.I. The van der Waals surface area contributed by atoms with Crippen molar-refractivity contribution >= 4 is 41.5 Å². The normalized spacial score (nSPS) is 12.1. The van der Waals surface area contributed by atoms with E-state index in [2.05, 4.69) is 10.3 Å². The highest BCUT2D eigenvalue weighted by Gasteiger charge is 2.12. The van der Waals surface area contributed by atoms with Gasteiger partial charge in [0.05, 0.1) is 13.7 Å². The van der Waals surface area contributed by atoms with Crippen molar-refractivity contribution in [3.8, 4) is 5.75 Å². The molecule has 0 aliphatic rings. The number of aliphatic hydroxyl groups is 1. The highest BCUT2D eigenvalue weighted by Crippen LogP contribution is 2.22. The molecule has 7 heteroatoms. The summed E-state index contributed by atoms with van der Waals surface area (Å²) in [6.45, 7) is 3.69. The molecule has 0 heterocycles. The minimum Gasteiger partial charge on any atom is -0.497 e. The molecule has 1 unspecified atom stereocenters. The molecule has 0 aliphatic carbocycles. The third-order valence-corrected chi connectivity index (χ3v) is 4.30. The molecule has 0 spiro atoms. The van der Waals surface area contributed by atoms with Crippen molar-refractivity contribution in [2.45, 2.75) is 19.6 Å². The molecule has 2 aromatic carbocycles. The van der Waals surface area contributed by atoms with Gasteiger partial charge >= 0.3 is 0 Å². The number of methoxy groups -OCH3 is 1. The monoisotopic (exact) mass is 503 g/mol. The molecule has 0 bridgehead atoms. The van der Waals surface area contributed by atoms with Crippen molar-refractivity contribution in [2.75, 3.05) is 27.2 Å². The predicted molar refractivity (Wildman–Crippen MR) is 122 cm³/mol. The first kappa shape index (κ1) is 23.5. The van der Waals surface area contributed by atoms with Crippen LogP contribution in [0, 0.1) is 0 Å². The van der Waals surface area contributed by atoms with Gasteiger partial charge in [-0.15, -0.1) is 24.0 Å². The molecule has 5 nitrogen and oxygen atoms in total. The standard InChI is InChI=1S/C20H26ClN3O2.HI/c1-4-22-20(23-13-19(25)17-7-5-6-8-18(17)21)24(2)14-15-9-11-16(26-3)12-10-15;/h5-12,19,25H,4,13-14H2,1-3H3,(H,22,23);1H. The van der Waals surface area contributed by atoms with E-state index in [0.717, 1.165) is 23.8 Å². The van der Waals surface area contributed by atoms with Crippen LogP contribution in [0.15, 0.2) is 53.5 Å². The van der Waals surface area contributed by atoms with E-state index in [1.54, 1.807) is 13.2 Å². The number of aliphatic imine (C=N–C) groups is 1. The number of guanidine groups is 1. The predicted octanol–water partition coefficient (Wildman–Crippen LogP) is 4.10. The zero-order chi connectivity index (χ0) is 18.9. The second kappa shape index (κ2) is 12.0. The maximum absolute atomic E-state index is 10.4. The summed E-state index contributed by atoms with van der Waals surface area (Å²) in [5, 5.41) is 14.2. The van der Waals surface area contributed by atoms with Crippen molar-refractivity contribution in [1.29, 1.82) is 0 Å². The fraction of sp³-hybridized carbons (Fsp3) is 0.350. The van der Waals surface area contributed by atoms with Gasteiger partial charge in [0, 0.05) is 30.7 Å². The molecule has 0 aromatic heterocycles. The topological polar surface area (TPSA) is 57.1 Å². The number of nitrogens with one attached hydrogen (secondary N) is 1. The summed E-state index contributed by atoms with van der Waals surface area (Å²) in [5.74, 6) is 1.56. The van der Waals surface area contributed by atoms with Gasteiger partial charge in [-0.05, 0) is 30.7 Å². The Kier molecular flexibility index (Phi) is 10.5. The third kappa shape index (κ3) is 7.20. The first-order valence-corrected chi connectivity index (χ1v) is 8.97. The second-order valence-electron chi connectivity index (χ2n) is 5.94. The Labute approximate surface area is 183 Å². The highest BCUT2D eigenvalue weighted by molar-refractivity contribution is 14.0. The van der Waals surface area contributed by atoms with Crippen LogP contribution in [0.5, 0.6) is 5.75 Å². The third-order valence-electron chi connectivity index (χ3n) is 3.95. The van der Waals surface area contributed by atoms with Gasteiger partial charge < -0.3 is 20.1 Å². The van der Waals surface area contributed by atoms with Gasteiger partial charge in [0.25, 0.3) is 0 Å². The number of halogens is 2. The second-order valence-corrected chi connectivity index (χ2v) is 6.34. The van der Waals surface area contributed by atoms with Crippen LogP contribution < -0.4 is 10.1 Å². The lowest BCUT2D eigenvalue weighted by atomic mass is 10.1. The summed E-state index contributed by atoms with van der Waals surface area (Å²) < 4.78 is 5.19. The van der Waals surface area contributed by atoms with Gasteiger partial charge in [-0.2, -0.15) is 0 Å². The van der Waals surface area contributed by atoms with Crippen molar-refractivity contribution < 1.29 is 9.84 Å². The average Bonchev–Trinajstić information content (AvgIpc) is 2.65. The minimum atomic E-state index is -0.744. The molecule has 0 radical (unpaired) electrons. The largest absolute Gasteiger partial charge is 0.497 e. The molecule has 0 saturated carbocycles. The van der Waals surface area contributed by atoms with Crippen LogP contribution in [0.4, 0.5) is 0 Å². The molecular formula is C20H27ClIN3O2. The molecule has 2 rings (SSSR count). The Bertz CT molecular complexity index is 725. The Morgan fingerprint density at radius 1 is 1.22 bits per heavy atom. The van der Waals surface area contributed by atoms with Gasteiger partial charge in [-0.25, -0.2) is 0 Å². The number of hydrogen-bond donors (Lipinski definition) is 2. The van der Waals surface area contributed by atoms with Crippen molar-refractivity contribution in [3.63, 3.8) is 0 Å². The summed E-state index contributed by atoms with van der Waals surface area (Å²) in [6, 6.07) is 15.2. The van der Waals surface area contributed by atoms with E-state index in [4.69, 9.17) is 16.3 Å². The molecule has 27 heavy (non-hydrogen) atoms. The first-order valence-electron chi connectivity index (χ1n) is 8.60. The van der Waals surface area contributed by atoms with Crippen LogP contribution in [0.1, 0.15) is 24.2 Å². The lowest BCUT2D eigenvalue weighted by Gasteiger charge is -2.23. The zero-order valence-electron chi connectivity index (χ0n) is 15.9. The Hall–Kier alpha value is -1.51. The van der Waals surface area contributed by atoms with E-state index in [1.165, 1.54) is 0 Å². The maximum Gasteiger partial charge on any atom is 0.194 e. The van der Waals surface area contributed by atoms with Crippen LogP contribution in [0.3, 0.4) is 0 Å². The van der Waals surface area contributed by atoms with Crippen LogP contribution in [-0.2, 0) is 6.54 Å². The fourth-order valence-corrected chi connectivity index (χ4v) is 2.83. The van der Waals surface area contributed by atoms with E-state index < -0.39 is 6.10 Å². The molecule has 0 amide bonds. The maximum atomic E-state index is 10.4. The van der Waals surface area contributed by atoms with E-state index in [0.29, 0.717) is 17.1 Å². The van der Waals surface area contributed by atoms with E-state index in [-0.39, 0.29) is 30.5 Å². The summed E-state index contributed by atoms with van der Waals surface area (Å²) in [6.07, 6.45) is -0.744. The summed E-state index contributed by atoms with van der Waals surface area (Å²) in [5.41, 5.74) is 1.83. The molecular weight excluding hydrogens is 477 g/mol. The van der Waals surface area contributed by atoms with E-state index in [9.17, 15) is 5.11 Å². The van der Waals surface area contributed by atoms with Crippen LogP contribution >= 0.6 is 35.6 Å². The molecule has 0 saturated heterocycles. The van der Waals surface area contributed by atoms with Crippen LogP contribution in [-0.4, -0.2) is 43.2 Å². The summed E-state index contributed by atoms with van der Waals surface area (Å²) >= 11 is 6.15. The lowest BCUT2D eigenvalue weighted by molar-refractivity contribution is 0.186. The number of aliphatic hydroxyl groups excluding tert-OH is 1. The van der Waals surface area contributed by atoms with Gasteiger partial charge in [0.15, 0.2) is 5.96 Å². The molecule has 2 N–H and O–H groups in total. The molecule has 2 aromatic rings. The summed E-state index contributed by atoms with van der Waals surface area (Å²) in [7, 11) is 3.62. The van der Waals surface area contributed by atoms with Gasteiger partial charge in [0.2, 0.25) is 0 Å². The first-order chi connectivity index (χ1) is 12.5. The van der Waals surface area contributed by atoms with Crippen LogP contribution in [0.2, 0.25) is 5.02 Å². The fourth-order valence-electron chi connectivity index (χ4n) is 2.57. The van der Waals surface area contributed by atoms with E-state index in [1.807, 2.05) is 61.3 Å². The zero-order valence-corrected chi connectivity index (χ0v) is 18.9. The number of hydrogen-bond acceptors (Lipinski definition) is 3.